The van der Waals surface area contributed by atoms with Crippen molar-refractivity contribution in [2.45, 2.75) is 353 Å². The number of allylic oxidation sites excluding steroid dienone is 3. The molecule has 0 aliphatic heterocycles. The Morgan fingerprint density at radius 3 is 1.03 bits per heavy atom. The number of carbonyl (C=O) groups excluding carboxylic acids is 2. The van der Waals surface area contributed by atoms with Gasteiger partial charge in [-0.25, -0.2) is 0 Å². The maximum absolute atomic E-state index is 12.5. The molecule has 0 rings (SSSR count). The number of amides is 1. The van der Waals surface area contributed by atoms with E-state index in [4.69, 9.17) is 4.74 Å². The summed E-state index contributed by atoms with van der Waals surface area (Å²) >= 11 is 0. The quantitative estimate of drug-likeness (QED) is 0.0321. The molecule has 1 amide bonds. The SMILES string of the molecule is CCCCCCCC/C=C\CCCCCCCC(=O)OCCCCCCCCCCCCCCCCCCCCCCCC(=O)NC(CO)C(O)/C=C/CCCCCCCCCCCCCCCC. The molecule has 408 valence electrons. The van der Waals surface area contributed by atoms with Gasteiger partial charge in [0.2, 0.25) is 5.91 Å². The third-order valence-electron chi connectivity index (χ3n) is 14.5. The van der Waals surface area contributed by atoms with Crippen molar-refractivity contribution in [3.8, 4) is 0 Å². The van der Waals surface area contributed by atoms with Gasteiger partial charge in [0.1, 0.15) is 0 Å². The highest BCUT2D eigenvalue weighted by Gasteiger charge is 2.18. The van der Waals surface area contributed by atoms with Crippen LogP contribution in [0.25, 0.3) is 0 Å². The van der Waals surface area contributed by atoms with Gasteiger partial charge >= 0.3 is 5.97 Å². The van der Waals surface area contributed by atoms with Crippen molar-refractivity contribution in [1.29, 1.82) is 0 Å². The van der Waals surface area contributed by atoms with Crippen molar-refractivity contribution in [1.82, 2.24) is 5.32 Å². The molecular weight excluding hydrogens is 851 g/mol. The van der Waals surface area contributed by atoms with Gasteiger partial charge in [-0.2, -0.15) is 0 Å². The standard InChI is InChI=1S/C63H121NO5/c1-3-5-7-9-11-13-15-17-19-28-31-35-39-43-47-51-55-61(66)60(59-65)64-62(67)56-52-48-44-40-36-32-29-25-23-21-20-22-24-26-30-34-38-42-46-50-54-58-69-63(68)57-53-49-45-41-37-33-27-18-16-14-12-10-8-6-4-2/h18,27,51,55,60-61,65-66H,3-17,19-26,28-50,52-54,56-59H2,1-2H3,(H,64,67)/b27-18-,55-51+. The highest BCUT2D eigenvalue weighted by Crippen LogP contribution is 2.18. The summed E-state index contributed by atoms with van der Waals surface area (Å²) in [7, 11) is 0. The first-order chi connectivity index (χ1) is 34.0. The molecule has 0 aromatic carbocycles. The van der Waals surface area contributed by atoms with Crippen LogP contribution in [0.1, 0.15) is 341 Å². The van der Waals surface area contributed by atoms with Crippen LogP contribution >= 0.6 is 0 Å². The molecule has 0 spiro atoms. The summed E-state index contributed by atoms with van der Waals surface area (Å²) in [5.74, 6) is -0.0632. The van der Waals surface area contributed by atoms with Crippen LogP contribution in [-0.4, -0.2) is 47.4 Å². The molecule has 0 heterocycles. The van der Waals surface area contributed by atoms with Gasteiger partial charge in [0, 0.05) is 12.8 Å². The van der Waals surface area contributed by atoms with Crippen LogP contribution in [0.5, 0.6) is 0 Å². The van der Waals surface area contributed by atoms with Gasteiger partial charge in [0.05, 0.1) is 25.4 Å². The zero-order valence-electron chi connectivity index (χ0n) is 46.6. The third kappa shape index (κ3) is 55.5. The molecule has 0 saturated heterocycles. The van der Waals surface area contributed by atoms with Crippen molar-refractivity contribution in [3.63, 3.8) is 0 Å². The number of ether oxygens (including phenoxy) is 1. The van der Waals surface area contributed by atoms with Crippen molar-refractivity contribution < 1.29 is 24.5 Å². The highest BCUT2D eigenvalue weighted by molar-refractivity contribution is 5.76. The summed E-state index contributed by atoms with van der Waals surface area (Å²) in [6.45, 7) is 4.91. The molecule has 6 heteroatoms. The first kappa shape index (κ1) is 67.3. The second-order valence-corrected chi connectivity index (χ2v) is 21.4. The number of carbonyl (C=O) groups is 2. The van der Waals surface area contributed by atoms with E-state index in [0.29, 0.717) is 19.4 Å². The summed E-state index contributed by atoms with van der Waals surface area (Å²) < 4.78 is 5.48. The van der Waals surface area contributed by atoms with Gasteiger partial charge in [0.15, 0.2) is 0 Å². The van der Waals surface area contributed by atoms with Gasteiger partial charge in [0.25, 0.3) is 0 Å². The van der Waals surface area contributed by atoms with Crippen LogP contribution in [0.4, 0.5) is 0 Å². The zero-order chi connectivity index (χ0) is 50.0. The Morgan fingerprint density at radius 2 is 0.681 bits per heavy atom. The van der Waals surface area contributed by atoms with Crippen LogP contribution in [0.3, 0.4) is 0 Å². The number of esters is 1. The molecule has 6 nitrogen and oxygen atoms in total. The Bertz CT molecular complexity index is 1080. The lowest BCUT2D eigenvalue weighted by Crippen LogP contribution is -2.45. The lowest BCUT2D eigenvalue weighted by atomic mass is 10.0. The molecular formula is C63H121NO5. The fourth-order valence-electron chi connectivity index (χ4n) is 9.69. The van der Waals surface area contributed by atoms with E-state index >= 15 is 0 Å². The Hall–Kier alpha value is -1.66. The van der Waals surface area contributed by atoms with E-state index in [1.165, 1.54) is 270 Å². The Balaban J connectivity index is 3.41. The van der Waals surface area contributed by atoms with E-state index in [1.807, 2.05) is 6.08 Å². The van der Waals surface area contributed by atoms with Crippen molar-refractivity contribution in [2.75, 3.05) is 13.2 Å². The molecule has 2 unspecified atom stereocenters. The average Bonchev–Trinajstić information content (AvgIpc) is 3.35. The predicted molar refractivity (Wildman–Crippen MR) is 301 cm³/mol. The van der Waals surface area contributed by atoms with Gasteiger partial charge in [-0.1, -0.05) is 295 Å². The predicted octanol–water partition coefficient (Wildman–Crippen LogP) is 19.4. The van der Waals surface area contributed by atoms with E-state index in [2.05, 4.69) is 31.3 Å². The lowest BCUT2D eigenvalue weighted by Gasteiger charge is -2.20. The zero-order valence-corrected chi connectivity index (χ0v) is 46.6. The van der Waals surface area contributed by atoms with Crippen LogP contribution in [-0.2, 0) is 14.3 Å². The van der Waals surface area contributed by atoms with Crippen LogP contribution in [0.2, 0.25) is 0 Å². The maximum Gasteiger partial charge on any atom is 0.305 e. The Morgan fingerprint density at radius 1 is 0.391 bits per heavy atom. The van der Waals surface area contributed by atoms with Crippen molar-refractivity contribution >= 4 is 11.9 Å². The van der Waals surface area contributed by atoms with Gasteiger partial charge in [-0.05, 0) is 57.8 Å². The van der Waals surface area contributed by atoms with Gasteiger partial charge < -0.3 is 20.3 Å². The summed E-state index contributed by atoms with van der Waals surface area (Å²) in [5.41, 5.74) is 0. The van der Waals surface area contributed by atoms with E-state index in [1.54, 1.807) is 6.08 Å². The number of rotatable bonds is 58. The molecule has 3 N–H and O–H groups in total. The fourth-order valence-corrected chi connectivity index (χ4v) is 9.69. The van der Waals surface area contributed by atoms with E-state index in [9.17, 15) is 19.8 Å². The number of hydrogen-bond acceptors (Lipinski definition) is 5. The van der Waals surface area contributed by atoms with Crippen LogP contribution in [0.15, 0.2) is 24.3 Å². The second kappa shape index (κ2) is 58.9. The smallest absolute Gasteiger partial charge is 0.305 e. The molecule has 0 aromatic heterocycles. The van der Waals surface area contributed by atoms with E-state index in [-0.39, 0.29) is 18.5 Å². The van der Waals surface area contributed by atoms with E-state index in [0.717, 1.165) is 44.9 Å². The Kier molecular flexibility index (Phi) is 57.5. The number of nitrogens with one attached hydrogen (secondary N) is 1. The van der Waals surface area contributed by atoms with Crippen LogP contribution < -0.4 is 5.32 Å². The highest BCUT2D eigenvalue weighted by atomic mass is 16.5. The monoisotopic (exact) mass is 972 g/mol. The molecule has 0 bridgehead atoms. The average molecular weight is 973 g/mol. The summed E-state index contributed by atoms with van der Waals surface area (Å²) in [6.07, 6.45) is 72.1. The molecule has 0 aromatic rings. The summed E-state index contributed by atoms with van der Waals surface area (Å²) in [4.78, 5) is 24.5. The second-order valence-electron chi connectivity index (χ2n) is 21.4. The minimum Gasteiger partial charge on any atom is -0.466 e. The molecule has 0 fully saturated rings. The number of aliphatic hydroxyl groups is 2. The summed E-state index contributed by atoms with van der Waals surface area (Å²) in [5, 5.41) is 23.1. The molecule has 0 aliphatic rings. The molecule has 2 atom stereocenters. The molecule has 0 radical (unpaired) electrons. The maximum atomic E-state index is 12.5. The topological polar surface area (TPSA) is 95.9 Å². The van der Waals surface area contributed by atoms with Crippen molar-refractivity contribution in [3.05, 3.63) is 24.3 Å². The largest absolute Gasteiger partial charge is 0.466 e. The summed E-state index contributed by atoms with van der Waals surface area (Å²) in [6, 6.07) is -0.628. The van der Waals surface area contributed by atoms with Crippen LogP contribution in [0, 0.1) is 0 Å². The minimum atomic E-state index is -0.845. The van der Waals surface area contributed by atoms with Crippen molar-refractivity contribution in [2.24, 2.45) is 0 Å². The van der Waals surface area contributed by atoms with E-state index < -0.39 is 12.1 Å². The fraction of sp³-hybridized carbons (Fsp3) is 0.905. The number of unbranched alkanes of at least 4 members (excludes halogenated alkanes) is 45. The van der Waals surface area contributed by atoms with Gasteiger partial charge in [-0.15, -0.1) is 0 Å². The normalized spacial score (nSPS) is 12.7. The molecule has 69 heavy (non-hydrogen) atoms. The number of hydrogen-bond donors (Lipinski definition) is 3. The first-order valence-electron chi connectivity index (χ1n) is 31.1. The Labute approximate surface area is 431 Å². The first-order valence-corrected chi connectivity index (χ1v) is 31.1. The number of aliphatic hydroxyl groups excluding tert-OH is 2. The molecule has 0 saturated carbocycles. The third-order valence-corrected chi connectivity index (χ3v) is 14.5. The minimum absolute atomic E-state index is 0.00382. The molecule has 0 aliphatic carbocycles. The van der Waals surface area contributed by atoms with Gasteiger partial charge in [-0.3, -0.25) is 9.59 Å². The lowest BCUT2D eigenvalue weighted by molar-refractivity contribution is -0.143.